The molecule has 0 aliphatic rings. The summed E-state index contributed by atoms with van der Waals surface area (Å²) in [6.07, 6.45) is 8.08. The lowest BCUT2D eigenvalue weighted by molar-refractivity contribution is 0.610. The highest BCUT2D eigenvalue weighted by Crippen LogP contribution is 2.15. The molecule has 0 fully saturated rings. The van der Waals surface area contributed by atoms with Crippen LogP contribution in [-0.2, 0) is 0 Å². The van der Waals surface area contributed by atoms with E-state index in [1.165, 1.54) is 0 Å². The molecule has 0 aliphatic carbocycles. The second-order valence-electron chi connectivity index (χ2n) is 3.75. The molecule has 0 amide bonds. The van der Waals surface area contributed by atoms with E-state index in [-0.39, 0.29) is 0 Å². The van der Waals surface area contributed by atoms with Crippen molar-refractivity contribution < 1.29 is 0 Å². The average Bonchev–Trinajstić information content (AvgIpc) is 3.04. The third-order valence-electron chi connectivity index (χ3n) is 2.60. The maximum atomic E-state index is 2.08. The lowest BCUT2D eigenvalue weighted by Crippen LogP contribution is -2.32. The van der Waals surface area contributed by atoms with Gasteiger partial charge in [0.2, 0.25) is 0 Å². The Morgan fingerprint density at radius 1 is 0.588 bits per heavy atom. The fourth-order valence-corrected chi connectivity index (χ4v) is 1.85. The summed E-state index contributed by atoms with van der Waals surface area (Å²) in [6, 6.07) is 18.3. The van der Waals surface area contributed by atoms with Gasteiger partial charge in [-0.05, 0) is 36.4 Å². The monoisotopic (exact) mass is 223 g/mol. The first-order valence-corrected chi connectivity index (χ1v) is 5.57. The van der Waals surface area contributed by atoms with Crippen molar-refractivity contribution in [1.82, 2.24) is 9.35 Å². The van der Waals surface area contributed by atoms with E-state index >= 15 is 0 Å². The summed E-state index contributed by atoms with van der Waals surface area (Å²) < 4.78 is 4.07. The van der Waals surface area contributed by atoms with Gasteiger partial charge >= 0.3 is 0 Å². The van der Waals surface area contributed by atoms with Crippen LogP contribution in [0.3, 0.4) is 0 Å². The van der Waals surface area contributed by atoms with Gasteiger partial charge in [0.1, 0.15) is 0 Å². The van der Waals surface area contributed by atoms with Crippen molar-refractivity contribution in [2.45, 2.75) is 0 Å². The molecule has 0 N–H and O–H groups in total. The second kappa shape index (κ2) is 4.22. The number of hydrogen-bond donors (Lipinski definition) is 0. The summed E-state index contributed by atoms with van der Waals surface area (Å²) in [6.45, 7) is 0. The topological polar surface area (TPSA) is 13.1 Å². The Kier molecular flexibility index (Phi) is 2.43. The van der Waals surface area contributed by atoms with Gasteiger partial charge in [-0.25, -0.2) is 9.35 Å². The van der Waals surface area contributed by atoms with E-state index in [0.29, 0.717) is 0 Å². The van der Waals surface area contributed by atoms with E-state index in [1.807, 2.05) is 76.6 Å². The smallest absolute Gasteiger partial charge is 0.0823 e. The van der Waals surface area contributed by atoms with Crippen LogP contribution in [0.25, 0.3) is 0 Å². The van der Waals surface area contributed by atoms with Crippen molar-refractivity contribution in [2.75, 3.05) is 5.12 Å². The molecule has 84 valence electrons. The molecular formula is C14H13N3. The highest BCUT2D eigenvalue weighted by Gasteiger charge is 2.07. The van der Waals surface area contributed by atoms with Crippen molar-refractivity contribution in [2.24, 2.45) is 0 Å². The number of nitrogens with zero attached hydrogens (tertiary/aromatic N) is 3. The van der Waals surface area contributed by atoms with Crippen LogP contribution in [0, 0.1) is 0 Å². The molecule has 0 radical (unpaired) electrons. The first-order chi connectivity index (χ1) is 8.45. The molecule has 0 spiro atoms. The molecule has 0 saturated carbocycles. The Morgan fingerprint density at radius 3 is 1.53 bits per heavy atom. The average molecular weight is 223 g/mol. The molecule has 3 rings (SSSR count). The predicted octanol–water partition coefficient (Wildman–Crippen LogP) is 3.02. The van der Waals surface area contributed by atoms with E-state index in [1.54, 1.807) is 0 Å². The van der Waals surface area contributed by atoms with Crippen molar-refractivity contribution in [3.05, 3.63) is 79.4 Å². The fraction of sp³-hybridized carbons (Fsp3) is 0. The van der Waals surface area contributed by atoms with Crippen molar-refractivity contribution in [3.8, 4) is 0 Å². The molecule has 2 heterocycles. The van der Waals surface area contributed by atoms with Gasteiger partial charge in [0.15, 0.2) is 0 Å². The minimum Gasteiger partial charge on any atom is -0.249 e. The number of hydrogen-bond acceptors (Lipinski definition) is 1. The highest BCUT2D eigenvalue weighted by molar-refractivity contribution is 5.45. The molecule has 0 aliphatic heterocycles. The zero-order chi connectivity index (χ0) is 11.5. The molecule has 3 aromatic rings. The van der Waals surface area contributed by atoms with E-state index in [0.717, 1.165) is 5.69 Å². The summed E-state index contributed by atoms with van der Waals surface area (Å²) in [4.78, 5) is 0. The van der Waals surface area contributed by atoms with Gasteiger partial charge in [0.25, 0.3) is 0 Å². The van der Waals surface area contributed by atoms with Gasteiger partial charge in [0.05, 0.1) is 5.69 Å². The van der Waals surface area contributed by atoms with Crippen LogP contribution >= 0.6 is 0 Å². The maximum Gasteiger partial charge on any atom is 0.0823 e. The minimum atomic E-state index is 1.11. The Morgan fingerprint density at radius 2 is 1.06 bits per heavy atom. The zero-order valence-corrected chi connectivity index (χ0v) is 9.35. The quantitative estimate of drug-likeness (QED) is 0.665. The van der Waals surface area contributed by atoms with Crippen LogP contribution in [0.4, 0.5) is 5.69 Å². The summed E-state index contributed by atoms with van der Waals surface area (Å²) in [7, 11) is 0. The normalized spacial score (nSPS) is 10.4. The number of aromatic nitrogens is 2. The van der Waals surface area contributed by atoms with E-state index in [4.69, 9.17) is 0 Å². The molecule has 0 bridgehead atoms. The van der Waals surface area contributed by atoms with Crippen LogP contribution in [0.2, 0.25) is 0 Å². The van der Waals surface area contributed by atoms with Gasteiger partial charge in [-0.1, -0.05) is 18.2 Å². The van der Waals surface area contributed by atoms with Gasteiger partial charge in [-0.3, -0.25) is 0 Å². The number of anilines is 1. The Balaban J connectivity index is 2.10. The van der Waals surface area contributed by atoms with Gasteiger partial charge in [0, 0.05) is 24.8 Å². The molecule has 2 aromatic heterocycles. The molecule has 0 unspecified atom stereocenters. The zero-order valence-electron chi connectivity index (χ0n) is 9.35. The van der Waals surface area contributed by atoms with E-state index in [2.05, 4.69) is 17.3 Å². The minimum absolute atomic E-state index is 1.11. The van der Waals surface area contributed by atoms with Crippen LogP contribution in [-0.4, -0.2) is 9.35 Å². The third kappa shape index (κ3) is 1.83. The first-order valence-electron chi connectivity index (χ1n) is 5.57. The van der Waals surface area contributed by atoms with Crippen LogP contribution in [0.5, 0.6) is 0 Å². The highest BCUT2D eigenvalue weighted by atomic mass is 15.8. The van der Waals surface area contributed by atoms with Crippen LogP contribution < -0.4 is 5.12 Å². The summed E-state index contributed by atoms with van der Waals surface area (Å²) >= 11 is 0. The fourth-order valence-electron chi connectivity index (χ4n) is 1.85. The Bertz CT molecular complexity index is 519. The number of rotatable bonds is 3. The van der Waals surface area contributed by atoms with E-state index < -0.39 is 0 Å². The summed E-state index contributed by atoms with van der Waals surface area (Å²) in [5, 5.41) is 2.08. The Labute approximate surface area is 100 Å². The molecule has 0 atom stereocenters. The SMILES string of the molecule is c1ccc(N(n2cccc2)n2cccc2)cc1. The lowest BCUT2D eigenvalue weighted by atomic mass is 10.3. The summed E-state index contributed by atoms with van der Waals surface area (Å²) in [5.74, 6) is 0. The molecular weight excluding hydrogens is 210 g/mol. The maximum absolute atomic E-state index is 2.08. The number of para-hydroxylation sites is 1. The van der Waals surface area contributed by atoms with Crippen LogP contribution in [0.15, 0.2) is 79.4 Å². The molecule has 1 aromatic carbocycles. The third-order valence-corrected chi connectivity index (χ3v) is 2.60. The van der Waals surface area contributed by atoms with Crippen LogP contribution in [0.1, 0.15) is 0 Å². The van der Waals surface area contributed by atoms with Crippen molar-refractivity contribution >= 4 is 5.69 Å². The molecule has 17 heavy (non-hydrogen) atoms. The van der Waals surface area contributed by atoms with E-state index in [9.17, 15) is 0 Å². The van der Waals surface area contributed by atoms with Gasteiger partial charge in [-0.15, -0.1) is 0 Å². The number of benzene rings is 1. The largest absolute Gasteiger partial charge is 0.249 e. The van der Waals surface area contributed by atoms with Crippen molar-refractivity contribution in [1.29, 1.82) is 0 Å². The lowest BCUT2D eigenvalue weighted by Gasteiger charge is -2.26. The Hall–Kier alpha value is -2.42. The first kappa shape index (κ1) is 9.78. The van der Waals surface area contributed by atoms with Gasteiger partial charge in [-0.2, -0.15) is 5.12 Å². The van der Waals surface area contributed by atoms with Crippen molar-refractivity contribution in [3.63, 3.8) is 0 Å². The van der Waals surface area contributed by atoms with Gasteiger partial charge < -0.3 is 0 Å². The molecule has 3 nitrogen and oxygen atoms in total. The molecule has 0 saturated heterocycles. The molecule has 3 heteroatoms. The predicted molar refractivity (Wildman–Crippen MR) is 68.6 cm³/mol. The summed E-state index contributed by atoms with van der Waals surface area (Å²) in [5.41, 5.74) is 1.11. The standard InChI is InChI=1S/C14H13N3/c1-2-8-14(9-3-1)17(15-10-4-5-11-15)16-12-6-7-13-16/h1-13H. The second-order valence-corrected chi connectivity index (χ2v) is 3.75.